The number of hydrogen-bond acceptors (Lipinski definition) is 5. The van der Waals surface area contributed by atoms with E-state index in [0.29, 0.717) is 0 Å². The standard InChI is InChI=1S/C15H11F3N6O2/c1-8-6-11(25)12(13(26)21-14-19-7-20-22-14)23-24(8)10-5-3-2-4-9(10)15(16,17)18/h2-7H,1H3,(H2,19,20,21,22,26). The monoisotopic (exact) mass is 364 g/mol. The number of H-pyrrole nitrogens is 1. The molecule has 3 rings (SSSR count). The molecule has 11 heteroatoms. The average molecular weight is 364 g/mol. The molecule has 0 fully saturated rings. The second-order valence-corrected chi connectivity index (χ2v) is 5.21. The fourth-order valence-electron chi connectivity index (χ4n) is 2.28. The Hall–Kier alpha value is -3.50. The number of nitrogens with zero attached hydrogens (tertiary/aromatic N) is 4. The Morgan fingerprint density at radius 3 is 2.65 bits per heavy atom. The molecule has 1 aromatic carbocycles. The highest BCUT2D eigenvalue weighted by Gasteiger charge is 2.34. The minimum atomic E-state index is -4.63. The molecule has 1 amide bonds. The van der Waals surface area contributed by atoms with E-state index in [1.807, 2.05) is 0 Å². The van der Waals surface area contributed by atoms with Gasteiger partial charge in [-0.15, -0.1) is 0 Å². The van der Waals surface area contributed by atoms with Gasteiger partial charge in [0.1, 0.15) is 6.33 Å². The number of aromatic nitrogens is 5. The summed E-state index contributed by atoms with van der Waals surface area (Å²) in [6, 6.07) is 5.77. The molecule has 2 heterocycles. The molecule has 0 radical (unpaired) electrons. The largest absolute Gasteiger partial charge is 0.418 e. The first-order valence-corrected chi connectivity index (χ1v) is 7.21. The number of aryl methyl sites for hydroxylation is 1. The molecule has 26 heavy (non-hydrogen) atoms. The van der Waals surface area contributed by atoms with Gasteiger partial charge in [0.2, 0.25) is 11.4 Å². The number of para-hydroxylation sites is 1. The van der Waals surface area contributed by atoms with Gasteiger partial charge in [0.15, 0.2) is 5.69 Å². The lowest BCUT2D eigenvalue weighted by molar-refractivity contribution is -0.137. The molecule has 134 valence electrons. The number of alkyl halides is 3. The first-order chi connectivity index (χ1) is 12.3. The van der Waals surface area contributed by atoms with Crippen LogP contribution in [0.2, 0.25) is 0 Å². The Balaban J connectivity index is 2.10. The summed E-state index contributed by atoms with van der Waals surface area (Å²) in [7, 11) is 0. The lowest BCUT2D eigenvalue weighted by Gasteiger charge is -2.16. The maximum Gasteiger partial charge on any atom is 0.418 e. The number of hydrogen-bond donors (Lipinski definition) is 2. The molecule has 0 spiro atoms. The zero-order valence-electron chi connectivity index (χ0n) is 13.2. The van der Waals surface area contributed by atoms with Gasteiger partial charge in [-0.25, -0.2) is 9.78 Å². The van der Waals surface area contributed by atoms with Gasteiger partial charge in [0, 0.05) is 11.8 Å². The van der Waals surface area contributed by atoms with Crippen molar-refractivity contribution in [3.05, 3.63) is 63.8 Å². The van der Waals surface area contributed by atoms with Crippen LogP contribution in [0.5, 0.6) is 0 Å². The molecule has 2 aromatic heterocycles. The number of amides is 1. The molecule has 0 aliphatic rings. The molecule has 3 aromatic rings. The maximum absolute atomic E-state index is 13.3. The number of anilines is 1. The van der Waals surface area contributed by atoms with Crippen LogP contribution in [0.25, 0.3) is 5.69 Å². The number of carbonyl (C=O) groups excluding carboxylic acids is 1. The van der Waals surface area contributed by atoms with Crippen molar-refractivity contribution in [3.8, 4) is 5.69 Å². The number of carbonyl (C=O) groups is 1. The smallest absolute Gasteiger partial charge is 0.289 e. The predicted molar refractivity (Wildman–Crippen MR) is 83.9 cm³/mol. The first kappa shape index (κ1) is 17.3. The number of benzene rings is 1. The van der Waals surface area contributed by atoms with Gasteiger partial charge in [0.25, 0.3) is 5.91 Å². The van der Waals surface area contributed by atoms with Crippen molar-refractivity contribution in [2.24, 2.45) is 0 Å². The first-order valence-electron chi connectivity index (χ1n) is 7.21. The SMILES string of the molecule is Cc1cc(=O)c(C(=O)Nc2ncn[nH]2)nn1-c1ccccc1C(F)(F)F. The van der Waals surface area contributed by atoms with Crippen molar-refractivity contribution < 1.29 is 18.0 Å². The summed E-state index contributed by atoms with van der Waals surface area (Å²) in [5.74, 6) is -0.955. The van der Waals surface area contributed by atoms with E-state index in [2.05, 4.69) is 25.6 Å². The molecule has 0 unspecified atom stereocenters. The molecular formula is C15H11F3N6O2. The summed E-state index contributed by atoms with van der Waals surface area (Å²) < 4.78 is 40.7. The van der Waals surface area contributed by atoms with Crippen LogP contribution >= 0.6 is 0 Å². The second kappa shape index (κ2) is 6.43. The van der Waals surface area contributed by atoms with Crippen LogP contribution in [0.3, 0.4) is 0 Å². The molecule has 0 aliphatic heterocycles. The van der Waals surface area contributed by atoms with E-state index in [0.717, 1.165) is 23.1 Å². The van der Waals surface area contributed by atoms with E-state index >= 15 is 0 Å². The Kier molecular flexibility index (Phi) is 4.28. The number of nitrogens with one attached hydrogen (secondary N) is 2. The van der Waals surface area contributed by atoms with Crippen molar-refractivity contribution in [2.75, 3.05) is 5.32 Å². The molecule has 0 saturated heterocycles. The van der Waals surface area contributed by atoms with Crippen LogP contribution < -0.4 is 10.7 Å². The third-order valence-corrected chi connectivity index (χ3v) is 3.41. The topological polar surface area (TPSA) is 106 Å². The van der Waals surface area contributed by atoms with Gasteiger partial charge in [-0.3, -0.25) is 14.9 Å². The fraction of sp³-hybridized carbons (Fsp3) is 0.133. The Bertz CT molecular complexity index is 1010. The molecule has 0 aliphatic carbocycles. The van der Waals surface area contributed by atoms with E-state index in [1.54, 1.807) is 0 Å². The zero-order valence-corrected chi connectivity index (χ0v) is 13.2. The van der Waals surface area contributed by atoms with Crippen LogP contribution in [-0.4, -0.2) is 30.9 Å². The average Bonchev–Trinajstić information content (AvgIpc) is 3.07. The van der Waals surface area contributed by atoms with Crippen LogP contribution in [-0.2, 0) is 6.18 Å². The highest BCUT2D eigenvalue weighted by Crippen LogP contribution is 2.33. The maximum atomic E-state index is 13.3. The van der Waals surface area contributed by atoms with Crippen LogP contribution in [0.1, 0.15) is 21.7 Å². The van der Waals surface area contributed by atoms with Crippen molar-refractivity contribution in [1.82, 2.24) is 25.0 Å². The van der Waals surface area contributed by atoms with Crippen LogP contribution in [0.15, 0.2) is 41.5 Å². The summed E-state index contributed by atoms with van der Waals surface area (Å²) >= 11 is 0. The Morgan fingerprint density at radius 1 is 1.27 bits per heavy atom. The van der Waals surface area contributed by atoms with Gasteiger partial charge in [-0.05, 0) is 19.1 Å². The highest BCUT2D eigenvalue weighted by atomic mass is 19.4. The van der Waals surface area contributed by atoms with E-state index in [1.165, 1.54) is 25.1 Å². The highest BCUT2D eigenvalue weighted by molar-refractivity contribution is 6.01. The minimum Gasteiger partial charge on any atom is -0.289 e. The lowest BCUT2D eigenvalue weighted by atomic mass is 10.1. The van der Waals surface area contributed by atoms with Crippen LogP contribution in [0.4, 0.5) is 19.1 Å². The van der Waals surface area contributed by atoms with E-state index in [-0.39, 0.29) is 17.3 Å². The predicted octanol–water partition coefficient (Wildman–Crippen LogP) is 1.93. The van der Waals surface area contributed by atoms with Gasteiger partial charge in [-0.1, -0.05) is 12.1 Å². The quantitative estimate of drug-likeness (QED) is 0.739. The number of halogens is 3. The molecule has 2 N–H and O–H groups in total. The summed E-state index contributed by atoms with van der Waals surface area (Å²) in [5, 5.41) is 12.0. The molecule has 0 bridgehead atoms. The van der Waals surface area contributed by atoms with Gasteiger partial charge in [0.05, 0.1) is 11.3 Å². The van der Waals surface area contributed by atoms with Crippen molar-refractivity contribution >= 4 is 11.9 Å². The second-order valence-electron chi connectivity index (χ2n) is 5.21. The van der Waals surface area contributed by atoms with Crippen molar-refractivity contribution in [2.45, 2.75) is 13.1 Å². The van der Waals surface area contributed by atoms with E-state index in [4.69, 9.17) is 0 Å². The van der Waals surface area contributed by atoms with E-state index in [9.17, 15) is 22.8 Å². The third kappa shape index (κ3) is 3.31. The number of aromatic amines is 1. The third-order valence-electron chi connectivity index (χ3n) is 3.41. The normalized spacial score (nSPS) is 11.4. The lowest BCUT2D eigenvalue weighted by Crippen LogP contribution is -2.28. The fourth-order valence-corrected chi connectivity index (χ4v) is 2.28. The molecular weight excluding hydrogens is 353 g/mol. The van der Waals surface area contributed by atoms with Crippen molar-refractivity contribution in [1.29, 1.82) is 0 Å². The molecule has 0 atom stereocenters. The van der Waals surface area contributed by atoms with Gasteiger partial charge < -0.3 is 0 Å². The minimum absolute atomic E-state index is 0.0287. The summed E-state index contributed by atoms with van der Waals surface area (Å²) in [4.78, 5) is 28.0. The Labute approximate surface area is 143 Å². The van der Waals surface area contributed by atoms with Gasteiger partial charge in [-0.2, -0.15) is 28.4 Å². The number of rotatable bonds is 3. The van der Waals surface area contributed by atoms with Gasteiger partial charge >= 0.3 is 6.18 Å². The van der Waals surface area contributed by atoms with Crippen LogP contribution in [0, 0.1) is 6.92 Å². The summed E-state index contributed by atoms with van der Waals surface area (Å²) in [6.07, 6.45) is -3.49. The van der Waals surface area contributed by atoms with E-state index < -0.39 is 28.8 Å². The Morgan fingerprint density at radius 2 is 2.00 bits per heavy atom. The molecule has 0 saturated carbocycles. The summed E-state index contributed by atoms with van der Waals surface area (Å²) in [6.45, 7) is 1.42. The summed E-state index contributed by atoms with van der Waals surface area (Å²) in [5.41, 5.74) is -2.42. The van der Waals surface area contributed by atoms with Crippen molar-refractivity contribution in [3.63, 3.8) is 0 Å². The zero-order chi connectivity index (χ0) is 18.9. The molecule has 8 nitrogen and oxygen atoms in total.